The minimum absolute atomic E-state index is 0.0170. The minimum Gasteiger partial charge on any atom is -0.488 e. The molecule has 2 aromatic rings. The van der Waals surface area contributed by atoms with Crippen molar-refractivity contribution in [1.82, 2.24) is 0 Å². The van der Waals surface area contributed by atoms with E-state index in [-0.39, 0.29) is 17.2 Å². The Labute approximate surface area is 173 Å². The van der Waals surface area contributed by atoms with Crippen molar-refractivity contribution >= 4 is 0 Å². The van der Waals surface area contributed by atoms with Gasteiger partial charge in [0, 0.05) is 0 Å². The van der Waals surface area contributed by atoms with Gasteiger partial charge < -0.3 is 14.9 Å². The number of ether oxygens (including phenoxy) is 1. The number of hydrogen-bond donors (Lipinski definition) is 2. The SMILES string of the molecule is CCCCc1ccc(O[C@@H]2CC(C)(C)[C@H](C)[C@@H](O)[C@H]2O)cc1-c1cccc(F)c1. The van der Waals surface area contributed by atoms with Gasteiger partial charge in [-0.1, -0.05) is 52.3 Å². The van der Waals surface area contributed by atoms with Crippen molar-refractivity contribution in [3.05, 3.63) is 53.8 Å². The third-order valence-electron chi connectivity index (χ3n) is 6.51. The van der Waals surface area contributed by atoms with Crippen LogP contribution in [-0.4, -0.2) is 28.5 Å². The molecule has 0 unspecified atom stereocenters. The summed E-state index contributed by atoms with van der Waals surface area (Å²) < 4.78 is 20.0. The molecule has 1 fully saturated rings. The van der Waals surface area contributed by atoms with Crippen LogP contribution in [0.2, 0.25) is 0 Å². The highest BCUT2D eigenvalue weighted by Crippen LogP contribution is 2.42. The van der Waals surface area contributed by atoms with Gasteiger partial charge in [-0.05, 0) is 71.6 Å². The Morgan fingerprint density at radius 1 is 1.10 bits per heavy atom. The van der Waals surface area contributed by atoms with E-state index in [4.69, 9.17) is 4.74 Å². The molecule has 0 saturated heterocycles. The Morgan fingerprint density at radius 2 is 1.86 bits per heavy atom. The standard InChI is InChI=1S/C25H33FO3/c1-5-6-8-17-11-12-20(14-21(17)18-9-7-10-19(26)13-18)29-22-15-25(3,4)16(2)23(27)24(22)28/h7,9-14,16,22-24,27-28H,5-6,8,15H2,1-4H3/t16-,22-,23-,24+/m1/s1. The summed E-state index contributed by atoms with van der Waals surface area (Å²) in [4.78, 5) is 0. The maximum Gasteiger partial charge on any atom is 0.128 e. The molecule has 0 spiro atoms. The Balaban J connectivity index is 1.91. The highest BCUT2D eigenvalue weighted by atomic mass is 19.1. The van der Waals surface area contributed by atoms with Crippen LogP contribution >= 0.6 is 0 Å². The fourth-order valence-electron chi connectivity index (χ4n) is 4.23. The third kappa shape index (κ3) is 4.81. The van der Waals surface area contributed by atoms with Crippen molar-refractivity contribution < 1.29 is 19.3 Å². The van der Waals surface area contributed by atoms with E-state index in [9.17, 15) is 14.6 Å². The molecule has 0 heterocycles. The van der Waals surface area contributed by atoms with E-state index in [1.54, 1.807) is 12.1 Å². The predicted molar refractivity (Wildman–Crippen MR) is 114 cm³/mol. The number of benzene rings is 2. The first kappa shape index (κ1) is 21.8. The Hall–Kier alpha value is -1.91. The first-order valence-electron chi connectivity index (χ1n) is 10.6. The molecule has 0 aliphatic heterocycles. The Kier molecular flexibility index (Phi) is 6.65. The van der Waals surface area contributed by atoms with Crippen molar-refractivity contribution in [2.45, 2.75) is 71.7 Å². The number of aliphatic hydroxyl groups is 2. The molecule has 2 N–H and O–H groups in total. The van der Waals surface area contributed by atoms with E-state index in [0.29, 0.717) is 12.2 Å². The van der Waals surface area contributed by atoms with Gasteiger partial charge in [0.25, 0.3) is 0 Å². The van der Waals surface area contributed by atoms with Gasteiger partial charge in [0.2, 0.25) is 0 Å². The molecule has 1 saturated carbocycles. The molecule has 1 aliphatic rings. The summed E-state index contributed by atoms with van der Waals surface area (Å²) in [5, 5.41) is 21.0. The lowest BCUT2D eigenvalue weighted by atomic mass is 9.66. The number of hydrogen-bond acceptors (Lipinski definition) is 3. The minimum atomic E-state index is -0.935. The lowest BCUT2D eigenvalue weighted by Gasteiger charge is -2.46. The highest BCUT2D eigenvalue weighted by Gasteiger charge is 2.46. The topological polar surface area (TPSA) is 49.7 Å². The number of unbranched alkanes of at least 4 members (excludes halogenated alkanes) is 1. The summed E-state index contributed by atoms with van der Waals surface area (Å²) in [6, 6.07) is 12.5. The Morgan fingerprint density at radius 3 is 2.55 bits per heavy atom. The fourth-order valence-corrected chi connectivity index (χ4v) is 4.23. The first-order valence-corrected chi connectivity index (χ1v) is 10.6. The van der Waals surface area contributed by atoms with E-state index in [0.717, 1.165) is 36.0 Å². The van der Waals surface area contributed by atoms with Crippen molar-refractivity contribution in [2.75, 3.05) is 0 Å². The average molecular weight is 401 g/mol. The monoisotopic (exact) mass is 400 g/mol. The fraction of sp³-hybridized carbons (Fsp3) is 0.520. The average Bonchev–Trinajstić information content (AvgIpc) is 2.69. The predicted octanol–water partition coefficient (Wildman–Crippen LogP) is 5.37. The Bertz CT molecular complexity index is 833. The van der Waals surface area contributed by atoms with Crippen LogP contribution in [0.1, 0.15) is 52.5 Å². The van der Waals surface area contributed by atoms with Gasteiger partial charge in [0.15, 0.2) is 0 Å². The van der Waals surface area contributed by atoms with Crippen molar-refractivity contribution in [2.24, 2.45) is 11.3 Å². The van der Waals surface area contributed by atoms with E-state index >= 15 is 0 Å². The lowest BCUT2D eigenvalue weighted by molar-refractivity contribution is -0.138. The number of rotatable bonds is 6. The summed E-state index contributed by atoms with van der Waals surface area (Å²) in [6.45, 7) is 8.30. The van der Waals surface area contributed by atoms with Gasteiger partial charge in [-0.25, -0.2) is 4.39 Å². The van der Waals surface area contributed by atoms with Crippen molar-refractivity contribution in [3.63, 3.8) is 0 Å². The molecular formula is C25H33FO3. The number of aliphatic hydroxyl groups excluding tert-OH is 2. The molecule has 2 aromatic carbocycles. The maximum absolute atomic E-state index is 13.8. The van der Waals surface area contributed by atoms with Crippen molar-refractivity contribution in [1.29, 1.82) is 0 Å². The van der Waals surface area contributed by atoms with E-state index in [1.165, 1.54) is 6.07 Å². The van der Waals surface area contributed by atoms with Crippen molar-refractivity contribution in [3.8, 4) is 16.9 Å². The second-order valence-corrected chi connectivity index (χ2v) is 9.05. The summed E-state index contributed by atoms with van der Waals surface area (Å²) in [5.41, 5.74) is 2.78. The molecule has 29 heavy (non-hydrogen) atoms. The van der Waals surface area contributed by atoms with E-state index < -0.39 is 18.3 Å². The highest BCUT2D eigenvalue weighted by molar-refractivity contribution is 5.69. The van der Waals surface area contributed by atoms with E-state index in [2.05, 4.69) is 20.8 Å². The summed E-state index contributed by atoms with van der Waals surface area (Å²) >= 11 is 0. The zero-order chi connectivity index (χ0) is 21.2. The van der Waals surface area contributed by atoms with E-state index in [1.807, 2.05) is 31.2 Å². The van der Waals surface area contributed by atoms with Crippen LogP contribution in [0.25, 0.3) is 11.1 Å². The van der Waals surface area contributed by atoms with Gasteiger partial charge in [-0.15, -0.1) is 0 Å². The molecule has 1 aliphatic carbocycles. The lowest BCUT2D eigenvalue weighted by Crippen LogP contribution is -2.54. The van der Waals surface area contributed by atoms with Crippen LogP contribution in [-0.2, 0) is 6.42 Å². The van der Waals surface area contributed by atoms with Gasteiger partial charge >= 0.3 is 0 Å². The second-order valence-electron chi connectivity index (χ2n) is 9.05. The molecule has 3 nitrogen and oxygen atoms in total. The van der Waals surface area contributed by atoms with Gasteiger partial charge in [0.05, 0.1) is 6.10 Å². The van der Waals surface area contributed by atoms with Gasteiger partial charge in [-0.3, -0.25) is 0 Å². The second kappa shape index (κ2) is 8.85. The molecule has 0 bridgehead atoms. The van der Waals surface area contributed by atoms with Crippen LogP contribution in [0.5, 0.6) is 5.75 Å². The molecule has 0 aromatic heterocycles. The van der Waals surface area contributed by atoms with Crippen LogP contribution in [0.15, 0.2) is 42.5 Å². The smallest absolute Gasteiger partial charge is 0.128 e. The molecule has 0 radical (unpaired) electrons. The zero-order valence-electron chi connectivity index (χ0n) is 17.9. The van der Waals surface area contributed by atoms with Crippen LogP contribution in [0.4, 0.5) is 4.39 Å². The third-order valence-corrected chi connectivity index (χ3v) is 6.51. The normalized spacial score (nSPS) is 26.3. The first-order chi connectivity index (χ1) is 13.7. The zero-order valence-corrected chi connectivity index (χ0v) is 17.9. The van der Waals surface area contributed by atoms with Crippen LogP contribution in [0.3, 0.4) is 0 Å². The summed E-state index contributed by atoms with van der Waals surface area (Å²) in [7, 11) is 0. The van der Waals surface area contributed by atoms with Gasteiger partial charge in [0.1, 0.15) is 23.8 Å². The summed E-state index contributed by atoms with van der Waals surface area (Å²) in [5.74, 6) is 0.347. The molecule has 4 atom stereocenters. The molecule has 158 valence electrons. The van der Waals surface area contributed by atoms with Crippen LogP contribution < -0.4 is 4.74 Å². The molecule has 0 amide bonds. The summed E-state index contributed by atoms with van der Waals surface area (Å²) in [6.07, 6.45) is 1.46. The number of halogens is 1. The van der Waals surface area contributed by atoms with Crippen LogP contribution in [0, 0.1) is 17.2 Å². The molecular weight excluding hydrogens is 367 g/mol. The maximum atomic E-state index is 13.8. The molecule has 3 rings (SSSR count). The number of aryl methyl sites for hydroxylation is 1. The largest absolute Gasteiger partial charge is 0.488 e. The molecule has 4 heteroatoms. The van der Waals surface area contributed by atoms with Gasteiger partial charge in [-0.2, -0.15) is 0 Å². The quantitative estimate of drug-likeness (QED) is 0.685.